The fourth-order valence-corrected chi connectivity index (χ4v) is 3.78. The highest BCUT2D eigenvalue weighted by Crippen LogP contribution is 2.28. The van der Waals surface area contributed by atoms with Crippen molar-refractivity contribution in [3.8, 4) is 0 Å². The molecule has 1 aliphatic heterocycles. The molecule has 0 spiro atoms. The summed E-state index contributed by atoms with van der Waals surface area (Å²) in [5.41, 5.74) is 1.24. The number of nitrogens with zero attached hydrogens (tertiary/aromatic N) is 3. The van der Waals surface area contributed by atoms with E-state index in [1.165, 1.54) is 21.5 Å². The zero-order chi connectivity index (χ0) is 21.0. The van der Waals surface area contributed by atoms with Crippen LogP contribution in [0.4, 0.5) is 18.9 Å². The Hall–Kier alpha value is -2.72. The first-order chi connectivity index (χ1) is 13.8. The Kier molecular flexibility index (Phi) is 6.33. The van der Waals surface area contributed by atoms with Gasteiger partial charge in [0.25, 0.3) is 0 Å². The van der Waals surface area contributed by atoms with Gasteiger partial charge >= 0.3 is 12.1 Å². The highest BCUT2D eigenvalue weighted by atomic mass is 32.1. The molecule has 1 aromatic heterocycles. The second kappa shape index (κ2) is 8.75. The molecule has 154 valence electrons. The largest absolute Gasteiger partial charge is 0.490 e. The van der Waals surface area contributed by atoms with E-state index in [1.807, 2.05) is 0 Å². The molecule has 6 nitrogen and oxygen atoms in total. The Balaban J connectivity index is 0.000000298. The lowest BCUT2D eigenvalue weighted by molar-refractivity contribution is -0.192. The van der Waals surface area contributed by atoms with E-state index in [1.54, 1.807) is 11.3 Å². The van der Waals surface area contributed by atoms with Gasteiger partial charge in [-0.05, 0) is 11.5 Å². The van der Waals surface area contributed by atoms with Gasteiger partial charge in [-0.25, -0.2) is 4.79 Å². The minimum atomic E-state index is -5.08. The van der Waals surface area contributed by atoms with E-state index < -0.39 is 12.1 Å². The molecule has 2 N–H and O–H groups in total. The third-order valence-electron chi connectivity index (χ3n) is 4.41. The maximum absolute atomic E-state index is 10.6. The number of carboxylic acids is 1. The van der Waals surface area contributed by atoms with Crippen LogP contribution in [0.15, 0.2) is 42.5 Å². The van der Waals surface area contributed by atoms with Crippen molar-refractivity contribution < 1.29 is 23.1 Å². The van der Waals surface area contributed by atoms with Crippen LogP contribution in [0.3, 0.4) is 0 Å². The second-order valence-electron chi connectivity index (χ2n) is 6.55. The molecule has 0 atom stereocenters. The van der Waals surface area contributed by atoms with Gasteiger partial charge in [-0.2, -0.15) is 13.2 Å². The summed E-state index contributed by atoms with van der Waals surface area (Å²) in [6.45, 7) is 2.87. The quantitative estimate of drug-likeness (QED) is 0.666. The number of benzene rings is 2. The van der Waals surface area contributed by atoms with Crippen molar-refractivity contribution in [3.05, 3.63) is 52.5 Å². The van der Waals surface area contributed by atoms with Gasteiger partial charge in [-0.15, -0.1) is 10.2 Å². The molecule has 3 aromatic rings. The van der Waals surface area contributed by atoms with Crippen molar-refractivity contribution in [3.63, 3.8) is 0 Å². The predicted molar refractivity (Wildman–Crippen MR) is 105 cm³/mol. The predicted octanol–water partition coefficient (Wildman–Crippen LogP) is 3.65. The topological polar surface area (TPSA) is 78.4 Å². The Bertz CT molecular complexity index is 983. The monoisotopic (exact) mass is 424 g/mol. The summed E-state index contributed by atoms with van der Waals surface area (Å²) in [4.78, 5) is 11.2. The van der Waals surface area contributed by atoms with Crippen molar-refractivity contribution in [2.75, 3.05) is 25.0 Å². The number of hydrogen-bond donors (Lipinski definition) is 2. The summed E-state index contributed by atoms with van der Waals surface area (Å²) in [7, 11) is 2.12. The number of carbonyl (C=O) groups is 1. The number of fused-ring (bicyclic) bond motifs is 1. The molecular formula is C19H19F3N4O2S. The summed E-state index contributed by atoms with van der Waals surface area (Å²) in [5, 5.41) is 23.9. The van der Waals surface area contributed by atoms with Crippen molar-refractivity contribution >= 4 is 33.8 Å². The summed E-state index contributed by atoms with van der Waals surface area (Å²) in [5.74, 6) is -2.19. The van der Waals surface area contributed by atoms with Crippen molar-refractivity contribution in [2.45, 2.75) is 18.6 Å². The van der Waals surface area contributed by atoms with E-state index in [2.05, 4.69) is 69.9 Å². The summed E-state index contributed by atoms with van der Waals surface area (Å²) >= 11 is 1.74. The smallest absolute Gasteiger partial charge is 0.475 e. The Morgan fingerprint density at radius 1 is 1.21 bits per heavy atom. The Morgan fingerprint density at radius 2 is 1.86 bits per heavy atom. The highest BCUT2D eigenvalue weighted by Gasteiger charge is 2.38. The molecule has 1 saturated heterocycles. The third kappa shape index (κ3) is 5.21. The van der Waals surface area contributed by atoms with Gasteiger partial charge in [0.1, 0.15) is 10.0 Å². The molecule has 0 saturated carbocycles. The fourth-order valence-electron chi connectivity index (χ4n) is 2.79. The molecule has 1 aliphatic rings. The van der Waals surface area contributed by atoms with Crippen LogP contribution in [0, 0.1) is 0 Å². The van der Waals surface area contributed by atoms with Gasteiger partial charge < -0.3 is 15.3 Å². The molecule has 29 heavy (non-hydrogen) atoms. The molecule has 2 heterocycles. The van der Waals surface area contributed by atoms with Gasteiger partial charge in [-0.1, -0.05) is 47.7 Å². The maximum Gasteiger partial charge on any atom is 0.490 e. The minimum absolute atomic E-state index is 0.564. The van der Waals surface area contributed by atoms with Crippen LogP contribution in [0.5, 0.6) is 0 Å². The van der Waals surface area contributed by atoms with E-state index in [0.717, 1.165) is 24.6 Å². The van der Waals surface area contributed by atoms with E-state index in [-0.39, 0.29) is 0 Å². The standard InChI is InChI=1S/C17H18N4S.C2HF3O2/c1-21(11-16-19-20-17(22-16)13-9-18-10-13)15-8-4-6-12-5-2-3-7-14(12)15;3-2(4,5)1(6)7/h2-8,13,18H,9-11H2,1H3;(H,6,7). The lowest BCUT2D eigenvalue weighted by Gasteiger charge is -2.24. The SMILES string of the molecule is CN(Cc1nnc(C2CNC2)s1)c1cccc2ccccc12.O=C(O)C(F)(F)F. The fraction of sp³-hybridized carbons (Fsp3) is 0.316. The normalized spacial score (nSPS) is 14.1. The molecular weight excluding hydrogens is 405 g/mol. The van der Waals surface area contributed by atoms with Crippen LogP contribution in [0.25, 0.3) is 10.8 Å². The first kappa shape index (κ1) is 21.0. The lowest BCUT2D eigenvalue weighted by Crippen LogP contribution is -2.39. The summed E-state index contributed by atoms with van der Waals surface area (Å²) in [6.07, 6.45) is -5.08. The van der Waals surface area contributed by atoms with Gasteiger partial charge in [-0.3, -0.25) is 0 Å². The number of rotatable bonds is 4. The molecule has 0 amide bonds. The zero-order valence-corrected chi connectivity index (χ0v) is 16.3. The molecule has 0 aliphatic carbocycles. The first-order valence-electron chi connectivity index (χ1n) is 8.77. The maximum atomic E-state index is 10.6. The van der Waals surface area contributed by atoms with E-state index >= 15 is 0 Å². The molecule has 0 bridgehead atoms. The number of aromatic nitrogens is 2. The van der Waals surface area contributed by atoms with E-state index in [0.29, 0.717) is 5.92 Å². The van der Waals surface area contributed by atoms with Crippen LogP contribution in [-0.4, -0.2) is 47.6 Å². The second-order valence-corrected chi connectivity index (χ2v) is 7.64. The molecule has 2 aromatic carbocycles. The Morgan fingerprint density at radius 3 is 2.48 bits per heavy atom. The van der Waals surface area contributed by atoms with Crippen LogP contribution in [0.1, 0.15) is 15.9 Å². The number of halogens is 3. The average molecular weight is 424 g/mol. The van der Waals surface area contributed by atoms with Crippen LogP contribution in [-0.2, 0) is 11.3 Å². The molecule has 0 radical (unpaired) electrons. The molecule has 4 rings (SSSR count). The Labute approximate surface area is 169 Å². The van der Waals surface area contributed by atoms with Crippen molar-refractivity contribution in [2.24, 2.45) is 0 Å². The van der Waals surface area contributed by atoms with Crippen molar-refractivity contribution in [1.82, 2.24) is 15.5 Å². The number of nitrogens with one attached hydrogen (secondary N) is 1. The lowest BCUT2D eigenvalue weighted by atomic mass is 10.1. The number of alkyl halides is 3. The van der Waals surface area contributed by atoms with Gasteiger partial charge in [0, 0.05) is 37.1 Å². The first-order valence-corrected chi connectivity index (χ1v) is 9.59. The average Bonchev–Trinajstić information content (AvgIpc) is 3.07. The van der Waals surface area contributed by atoms with E-state index in [4.69, 9.17) is 9.90 Å². The minimum Gasteiger partial charge on any atom is -0.475 e. The third-order valence-corrected chi connectivity index (χ3v) is 5.48. The number of hydrogen-bond acceptors (Lipinski definition) is 6. The summed E-state index contributed by atoms with van der Waals surface area (Å²) in [6, 6.07) is 14.9. The number of carboxylic acid groups (broad SMARTS) is 1. The van der Waals surface area contributed by atoms with Crippen LogP contribution >= 0.6 is 11.3 Å². The summed E-state index contributed by atoms with van der Waals surface area (Å²) < 4.78 is 31.7. The number of aliphatic carboxylic acids is 1. The van der Waals surface area contributed by atoms with Gasteiger partial charge in [0.15, 0.2) is 0 Å². The van der Waals surface area contributed by atoms with E-state index in [9.17, 15) is 13.2 Å². The van der Waals surface area contributed by atoms with Gasteiger partial charge in [0.2, 0.25) is 0 Å². The van der Waals surface area contributed by atoms with Crippen LogP contribution in [0.2, 0.25) is 0 Å². The van der Waals surface area contributed by atoms with Crippen LogP contribution < -0.4 is 10.2 Å². The molecule has 10 heteroatoms. The van der Waals surface area contributed by atoms with Crippen molar-refractivity contribution in [1.29, 1.82) is 0 Å². The highest BCUT2D eigenvalue weighted by molar-refractivity contribution is 7.11. The zero-order valence-electron chi connectivity index (χ0n) is 15.5. The molecule has 0 unspecified atom stereocenters. The number of anilines is 1. The van der Waals surface area contributed by atoms with Gasteiger partial charge in [0.05, 0.1) is 6.54 Å². The molecule has 1 fully saturated rings.